The fourth-order valence-electron chi connectivity index (χ4n) is 3.25. The molecule has 1 fully saturated rings. The topological polar surface area (TPSA) is 39.1 Å². The van der Waals surface area contributed by atoms with E-state index in [-0.39, 0.29) is 6.61 Å². The number of halogens is 3. The number of ether oxygens (including phenoxy) is 1. The number of nitrogens with one attached hydrogen (secondary N) is 1. The molecule has 0 radical (unpaired) electrons. The Hall–Kier alpha value is -2.02. The third kappa shape index (κ3) is 4.15. The molecule has 1 N–H and O–H groups in total. The summed E-state index contributed by atoms with van der Waals surface area (Å²) in [6.07, 6.45) is 4.72. The molecule has 2 aromatic rings. The van der Waals surface area contributed by atoms with Crippen molar-refractivity contribution in [2.45, 2.75) is 45.4 Å². The Bertz CT molecular complexity index is 727. The third-order valence-corrected chi connectivity index (χ3v) is 4.56. The summed E-state index contributed by atoms with van der Waals surface area (Å²) in [5.41, 5.74) is 0.375. The first-order chi connectivity index (χ1) is 12.1. The molecule has 1 aromatic heterocycles. The van der Waals surface area contributed by atoms with Gasteiger partial charge in [-0.1, -0.05) is 12.8 Å². The van der Waals surface area contributed by atoms with Crippen LogP contribution < -0.4 is 10.1 Å². The Labute approximate surface area is 145 Å². The van der Waals surface area contributed by atoms with Crippen molar-refractivity contribution in [2.24, 2.45) is 5.92 Å². The molecule has 136 valence electrons. The van der Waals surface area contributed by atoms with E-state index in [1.165, 1.54) is 12.8 Å². The molecule has 0 bridgehead atoms. The fourth-order valence-corrected chi connectivity index (χ4v) is 3.25. The summed E-state index contributed by atoms with van der Waals surface area (Å²) >= 11 is 0. The second-order valence-corrected chi connectivity index (χ2v) is 6.45. The average Bonchev–Trinajstić information content (AvgIpc) is 3.22. The van der Waals surface area contributed by atoms with Crippen molar-refractivity contribution in [2.75, 3.05) is 7.05 Å². The Morgan fingerprint density at radius 3 is 2.64 bits per heavy atom. The molecule has 1 aromatic carbocycles. The van der Waals surface area contributed by atoms with Crippen LogP contribution in [0.3, 0.4) is 0 Å². The summed E-state index contributed by atoms with van der Waals surface area (Å²) in [6, 6.07) is 3.42. The number of hydrogen-bond donors (Lipinski definition) is 1. The highest BCUT2D eigenvalue weighted by molar-refractivity contribution is 5.22. The Kier molecular flexibility index (Phi) is 5.63. The molecule has 4 nitrogen and oxygen atoms in total. The van der Waals surface area contributed by atoms with E-state index in [9.17, 15) is 13.2 Å². The largest absolute Gasteiger partial charge is 0.473 e. The predicted molar refractivity (Wildman–Crippen MR) is 87.6 cm³/mol. The molecule has 0 spiro atoms. The SMILES string of the molecule is CNCc1cc(OCc2c(F)ccc(F)c2F)n(CC2CCCC2)n1. The van der Waals surface area contributed by atoms with Crippen molar-refractivity contribution in [3.05, 3.63) is 46.9 Å². The molecule has 0 aliphatic heterocycles. The van der Waals surface area contributed by atoms with E-state index in [0.717, 1.165) is 30.7 Å². The highest BCUT2D eigenvalue weighted by Crippen LogP contribution is 2.28. The van der Waals surface area contributed by atoms with Crippen LogP contribution in [-0.4, -0.2) is 16.8 Å². The van der Waals surface area contributed by atoms with E-state index in [0.29, 0.717) is 24.9 Å². The summed E-state index contributed by atoms with van der Waals surface area (Å²) in [7, 11) is 1.81. The monoisotopic (exact) mass is 353 g/mol. The lowest BCUT2D eigenvalue weighted by atomic mass is 10.1. The average molecular weight is 353 g/mol. The molecule has 0 saturated heterocycles. The number of aromatic nitrogens is 2. The van der Waals surface area contributed by atoms with Crippen molar-refractivity contribution in [3.8, 4) is 5.88 Å². The molecule has 3 rings (SSSR count). The highest BCUT2D eigenvalue weighted by atomic mass is 19.2. The molecular formula is C18H22F3N3O. The maximum atomic E-state index is 13.8. The lowest BCUT2D eigenvalue weighted by molar-refractivity contribution is 0.251. The summed E-state index contributed by atoms with van der Waals surface area (Å²) in [5, 5.41) is 7.52. The van der Waals surface area contributed by atoms with Gasteiger partial charge in [0.15, 0.2) is 11.6 Å². The van der Waals surface area contributed by atoms with Gasteiger partial charge in [-0.15, -0.1) is 0 Å². The van der Waals surface area contributed by atoms with E-state index in [1.54, 1.807) is 10.7 Å². The minimum absolute atomic E-state index is 0.384. The Balaban J connectivity index is 1.77. The van der Waals surface area contributed by atoms with Gasteiger partial charge in [0.2, 0.25) is 5.88 Å². The first-order valence-electron chi connectivity index (χ1n) is 8.55. The molecule has 25 heavy (non-hydrogen) atoms. The first kappa shape index (κ1) is 17.8. The summed E-state index contributed by atoms with van der Waals surface area (Å²) in [5.74, 6) is -2.14. The van der Waals surface area contributed by atoms with Crippen LogP contribution in [0.4, 0.5) is 13.2 Å². The number of benzene rings is 1. The molecule has 1 aliphatic carbocycles. The van der Waals surface area contributed by atoms with Gasteiger partial charge in [0.05, 0.1) is 11.3 Å². The molecule has 0 amide bonds. The number of rotatable bonds is 7. The lowest BCUT2D eigenvalue weighted by Gasteiger charge is -2.13. The lowest BCUT2D eigenvalue weighted by Crippen LogP contribution is -2.13. The van der Waals surface area contributed by atoms with Crippen LogP contribution in [0.1, 0.15) is 36.9 Å². The molecule has 1 heterocycles. The molecule has 0 unspecified atom stereocenters. The van der Waals surface area contributed by atoms with Gasteiger partial charge in [0.25, 0.3) is 0 Å². The van der Waals surface area contributed by atoms with E-state index in [4.69, 9.17) is 4.74 Å². The van der Waals surface area contributed by atoms with Crippen molar-refractivity contribution in [3.63, 3.8) is 0 Å². The van der Waals surface area contributed by atoms with Crippen molar-refractivity contribution in [1.29, 1.82) is 0 Å². The zero-order valence-corrected chi connectivity index (χ0v) is 14.2. The number of hydrogen-bond acceptors (Lipinski definition) is 3. The zero-order chi connectivity index (χ0) is 17.8. The normalized spacial score (nSPS) is 15.0. The van der Waals surface area contributed by atoms with Gasteiger partial charge in [-0.05, 0) is 37.9 Å². The fraction of sp³-hybridized carbons (Fsp3) is 0.500. The summed E-state index contributed by atoms with van der Waals surface area (Å²) < 4.78 is 48.2. The Morgan fingerprint density at radius 1 is 1.20 bits per heavy atom. The molecule has 0 atom stereocenters. The van der Waals surface area contributed by atoms with Crippen LogP contribution in [0.25, 0.3) is 0 Å². The maximum absolute atomic E-state index is 13.8. The van der Waals surface area contributed by atoms with Gasteiger partial charge < -0.3 is 10.1 Å². The van der Waals surface area contributed by atoms with Gasteiger partial charge >= 0.3 is 0 Å². The maximum Gasteiger partial charge on any atom is 0.212 e. The molecule has 1 saturated carbocycles. The van der Waals surface area contributed by atoms with E-state index >= 15 is 0 Å². The van der Waals surface area contributed by atoms with E-state index in [1.807, 2.05) is 7.05 Å². The van der Waals surface area contributed by atoms with E-state index < -0.39 is 23.0 Å². The smallest absolute Gasteiger partial charge is 0.212 e. The minimum atomic E-state index is -1.21. The first-order valence-corrected chi connectivity index (χ1v) is 8.55. The van der Waals surface area contributed by atoms with Gasteiger partial charge in [-0.3, -0.25) is 0 Å². The van der Waals surface area contributed by atoms with Crippen LogP contribution in [0, 0.1) is 23.4 Å². The summed E-state index contributed by atoms with van der Waals surface area (Å²) in [4.78, 5) is 0. The quantitative estimate of drug-likeness (QED) is 0.770. The van der Waals surface area contributed by atoms with Gasteiger partial charge in [0.1, 0.15) is 12.4 Å². The molecule has 7 heteroatoms. The van der Waals surface area contributed by atoms with Crippen LogP contribution in [0.2, 0.25) is 0 Å². The van der Waals surface area contributed by atoms with E-state index in [2.05, 4.69) is 10.4 Å². The molecule has 1 aliphatic rings. The van der Waals surface area contributed by atoms with Crippen LogP contribution in [-0.2, 0) is 19.7 Å². The van der Waals surface area contributed by atoms with Crippen LogP contribution in [0.5, 0.6) is 5.88 Å². The van der Waals surface area contributed by atoms with Crippen molar-refractivity contribution >= 4 is 0 Å². The predicted octanol–water partition coefficient (Wildman–Crippen LogP) is 3.79. The van der Waals surface area contributed by atoms with Gasteiger partial charge in [0, 0.05) is 19.2 Å². The highest BCUT2D eigenvalue weighted by Gasteiger charge is 2.20. The van der Waals surface area contributed by atoms with Gasteiger partial charge in [-0.2, -0.15) is 5.10 Å². The summed E-state index contributed by atoms with van der Waals surface area (Å²) in [6.45, 7) is 0.897. The van der Waals surface area contributed by atoms with Crippen molar-refractivity contribution in [1.82, 2.24) is 15.1 Å². The third-order valence-electron chi connectivity index (χ3n) is 4.56. The Morgan fingerprint density at radius 2 is 1.92 bits per heavy atom. The minimum Gasteiger partial charge on any atom is -0.473 e. The second-order valence-electron chi connectivity index (χ2n) is 6.45. The van der Waals surface area contributed by atoms with Gasteiger partial charge in [-0.25, -0.2) is 17.9 Å². The van der Waals surface area contributed by atoms with Crippen LogP contribution >= 0.6 is 0 Å². The zero-order valence-electron chi connectivity index (χ0n) is 14.2. The second kappa shape index (κ2) is 7.91. The van der Waals surface area contributed by atoms with Crippen LogP contribution in [0.15, 0.2) is 18.2 Å². The van der Waals surface area contributed by atoms with Crippen molar-refractivity contribution < 1.29 is 17.9 Å². The molecular weight excluding hydrogens is 331 g/mol. The standard InChI is InChI=1S/C18H22F3N3O/c1-22-9-13-8-17(24(23-13)10-12-4-2-3-5-12)25-11-14-15(19)6-7-16(20)18(14)21/h6-8,12,22H,2-5,9-11H2,1H3. The number of nitrogens with zero attached hydrogens (tertiary/aromatic N) is 2.